The molecule has 2 amide bonds. The lowest BCUT2D eigenvalue weighted by molar-refractivity contribution is 0.194. The predicted octanol–water partition coefficient (Wildman–Crippen LogP) is 5.64. The van der Waals surface area contributed by atoms with Crippen LogP contribution in [0.3, 0.4) is 0 Å². The Morgan fingerprint density at radius 3 is 2.37 bits per heavy atom. The number of amides is 2. The second-order valence-electron chi connectivity index (χ2n) is 8.24. The normalized spacial score (nSPS) is 14.4. The zero-order chi connectivity index (χ0) is 24.4. The van der Waals surface area contributed by atoms with Gasteiger partial charge in [0, 0.05) is 23.6 Å². The molecule has 3 aromatic carbocycles. The van der Waals surface area contributed by atoms with E-state index in [1.807, 2.05) is 53.6 Å². The second kappa shape index (κ2) is 9.46. The molecule has 4 aromatic rings. The van der Waals surface area contributed by atoms with Crippen molar-refractivity contribution < 1.29 is 19.0 Å². The summed E-state index contributed by atoms with van der Waals surface area (Å²) in [5.41, 5.74) is 4.73. The molecule has 0 radical (unpaired) electrons. The van der Waals surface area contributed by atoms with E-state index in [-0.39, 0.29) is 12.1 Å². The molecule has 1 aliphatic heterocycles. The third kappa shape index (κ3) is 4.17. The number of rotatable bonds is 5. The Bertz CT molecular complexity index is 1350. The lowest BCUT2D eigenvalue weighted by atomic mass is 10.0. The van der Waals surface area contributed by atoms with Gasteiger partial charge in [0.15, 0.2) is 11.5 Å². The van der Waals surface area contributed by atoms with E-state index in [4.69, 9.17) is 14.2 Å². The summed E-state index contributed by atoms with van der Waals surface area (Å²) < 4.78 is 18.3. The van der Waals surface area contributed by atoms with E-state index >= 15 is 0 Å². The summed E-state index contributed by atoms with van der Waals surface area (Å²) in [7, 11) is 4.80. The molecule has 0 aliphatic carbocycles. The molecule has 0 saturated carbocycles. The number of ether oxygens (including phenoxy) is 3. The molecule has 7 heteroatoms. The maximum atomic E-state index is 13.8. The van der Waals surface area contributed by atoms with Crippen molar-refractivity contribution in [2.45, 2.75) is 12.6 Å². The highest BCUT2D eigenvalue weighted by atomic mass is 16.5. The van der Waals surface area contributed by atoms with Crippen molar-refractivity contribution in [3.8, 4) is 22.9 Å². The van der Waals surface area contributed by atoms with Crippen LogP contribution >= 0.6 is 0 Å². The van der Waals surface area contributed by atoms with Gasteiger partial charge < -0.3 is 29.0 Å². The number of hydrogen-bond acceptors (Lipinski definition) is 4. The Morgan fingerprint density at radius 1 is 0.857 bits per heavy atom. The van der Waals surface area contributed by atoms with Gasteiger partial charge in [0.2, 0.25) is 0 Å². The minimum atomic E-state index is -0.316. The molecular weight excluding hydrogens is 442 g/mol. The maximum Gasteiger partial charge on any atom is 0.322 e. The first kappa shape index (κ1) is 22.4. The van der Waals surface area contributed by atoms with Crippen LogP contribution in [0.1, 0.15) is 22.9 Å². The molecule has 0 spiro atoms. The summed E-state index contributed by atoms with van der Waals surface area (Å²) >= 11 is 0. The first-order valence-corrected chi connectivity index (χ1v) is 11.3. The van der Waals surface area contributed by atoms with Crippen molar-refractivity contribution in [3.63, 3.8) is 0 Å². The molecule has 1 atom stereocenters. The van der Waals surface area contributed by atoms with Crippen LogP contribution in [-0.2, 0) is 6.54 Å². The summed E-state index contributed by atoms with van der Waals surface area (Å²) in [5, 5.41) is 3.06. The Kier molecular flexibility index (Phi) is 6.06. The van der Waals surface area contributed by atoms with Crippen molar-refractivity contribution >= 4 is 11.7 Å². The number of urea groups is 1. The number of hydrogen-bond donors (Lipinski definition) is 1. The summed E-state index contributed by atoms with van der Waals surface area (Å²) in [5.74, 6) is 1.91. The van der Waals surface area contributed by atoms with Gasteiger partial charge in [0.1, 0.15) is 5.75 Å². The first-order chi connectivity index (χ1) is 17.1. The van der Waals surface area contributed by atoms with Gasteiger partial charge in [-0.25, -0.2) is 4.79 Å². The molecule has 0 saturated heterocycles. The number of anilines is 1. The standard InChI is InChI=1S/C28H27N3O4/c1-33-22-13-10-19(11-14-22)27-24-9-6-16-30(24)23-8-5-4-7-20(23)18-31(27)28(32)29-21-12-15-25(34-2)26(17-21)35-3/h4-17,27H,18H2,1-3H3,(H,29,32)/t27-/m0/s1. The zero-order valence-corrected chi connectivity index (χ0v) is 19.9. The second-order valence-corrected chi connectivity index (χ2v) is 8.24. The first-order valence-electron chi connectivity index (χ1n) is 11.3. The summed E-state index contributed by atoms with van der Waals surface area (Å²) in [6.07, 6.45) is 2.04. The van der Waals surface area contributed by atoms with E-state index in [0.29, 0.717) is 23.7 Å². The highest BCUT2D eigenvalue weighted by Crippen LogP contribution is 2.38. The Hall–Kier alpha value is -4.39. The summed E-state index contributed by atoms with van der Waals surface area (Å²) in [4.78, 5) is 15.7. The van der Waals surface area contributed by atoms with E-state index in [2.05, 4.69) is 28.1 Å². The molecule has 0 unspecified atom stereocenters. The quantitative estimate of drug-likeness (QED) is 0.411. The molecule has 2 heterocycles. The fourth-order valence-corrected chi connectivity index (χ4v) is 4.59. The van der Waals surface area contributed by atoms with Crippen molar-refractivity contribution in [1.29, 1.82) is 0 Å². The molecule has 1 aliphatic rings. The number of para-hydroxylation sites is 1. The number of fused-ring (bicyclic) bond motifs is 3. The van der Waals surface area contributed by atoms with Crippen LogP contribution in [0, 0.1) is 0 Å². The van der Waals surface area contributed by atoms with Gasteiger partial charge in [-0.15, -0.1) is 0 Å². The van der Waals surface area contributed by atoms with E-state index in [1.54, 1.807) is 39.5 Å². The molecule has 5 rings (SSSR count). The largest absolute Gasteiger partial charge is 0.497 e. The van der Waals surface area contributed by atoms with Gasteiger partial charge >= 0.3 is 6.03 Å². The molecule has 1 aromatic heterocycles. The van der Waals surface area contributed by atoms with Gasteiger partial charge in [-0.3, -0.25) is 0 Å². The fourth-order valence-electron chi connectivity index (χ4n) is 4.59. The van der Waals surface area contributed by atoms with E-state index in [9.17, 15) is 4.79 Å². The van der Waals surface area contributed by atoms with E-state index in [0.717, 1.165) is 28.3 Å². The monoisotopic (exact) mass is 469 g/mol. The number of nitrogens with zero attached hydrogens (tertiary/aromatic N) is 2. The predicted molar refractivity (Wildman–Crippen MR) is 135 cm³/mol. The van der Waals surface area contributed by atoms with Crippen LogP contribution in [0.5, 0.6) is 17.2 Å². The third-order valence-corrected chi connectivity index (χ3v) is 6.29. The van der Waals surface area contributed by atoms with Gasteiger partial charge in [-0.1, -0.05) is 30.3 Å². The zero-order valence-electron chi connectivity index (χ0n) is 19.9. The Morgan fingerprint density at radius 2 is 1.63 bits per heavy atom. The highest BCUT2D eigenvalue weighted by molar-refractivity contribution is 5.90. The van der Waals surface area contributed by atoms with Crippen LogP contribution < -0.4 is 19.5 Å². The van der Waals surface area contributed by atoms with E-state index < -0.39 is 0 Å². The van der Waals surface area contributed by atoms with Crippen LogP contribution in [0.4, 0.5) is 10.5 Å². The number of nitrogens with one attached hydrogen (secondary N) is 1. The van der Waals surface area contributed by atoms with Crippen LogP contribution in [0.25, 0.3) is 5.69 Å². The van der Waals surface area contributed by atoms with E-state index in [1.165, 1.54) is 0 Å². The third-order valence-electron chi connectivity index (χ3n) is 6.29. The Labute approximate surface area is 204 Å². The number of benzene rings is 3. The molecule has 0 bridgehead atoms. The number of carbonyl (C=O) groups is 1. The minimum Gasteiger partial charge on any atom is -0.497 e. The summed E-state index contributed by atoms with van der Waals surface area (Å²) in [6.45, 7) is 0.438. The fraction of sp³-hybridized carbons (Fsp3) is 0.179. The lowest BCUT2D eigenvalue weighted by Crippen LogP contribution is -2.37. The van der Waals surface area contributed by atoms with Crippen molar-refractivity contribution in [1.82, 2.24) is 9.47 Å². The minimum absolute atomic E-state index is 0.220. The molecule has 178 valence electrons. The topological polar surface area (TPSA) is 65.0 Å². The van der Waals surface area contributed by atoms with Crippen LogP contribution in [-0.4, -0.2) is 36.8 Å². The SMILES string of the molecule is COc1ccc([C@H]2c3cccn3-c3ccccc3CN2C(=O)Nc2ccc(OC)c(OC)c2)cc1. The number of methoxy groups -OCH3 is 3. The number of carbonyl (C=O) groups excluding carboxylic acids is 1. The molecular formula is C28H27N3O4. The van der Waals surface area contributed by atoms with Crippen molar-refractivity contribution in [3.05, 3.63) is 102 Å². The average Bonchev–Trinajstić information content (AvgIpc) is 3.33. The van der Waals surface area contributed by atoms with Crippen molar-refractivity contribution in [2.24, 2.45) is 0 Å². The van der Waals surface area contributed by atoms with Crippen LogP contribution in [0.15, 0.2) is 85.1 Å². The molecule has 0 fully saturated rings. The van der Waals surface area contributed by atoms with Gasteiger partial charge in [-0.05, 0) is 53.6 Å². The van der Waals surface area contributed by atoms with Gasteiger partial charge in [0.25, 0.3) is 0 Å². The lowest BCUT2D eigenvalue weighted by Gasteiger charge is -2.31. The number of aromatic nitrogens is 1. The van der Waals surface area contributed by atoms with Crippen LogP contribution in [0.2, 0.25) is 0 Å². The Balaban J connectivity index is 1.58. The van der Waals surface area contributed by atoms with Gasteiger partial charge in [0.05, 0.1) is 39.6 Å². The van der Waals surface area contributed by atoms with Gasteiger partial charge in [-0.2, -0.15) is 0 Å². The average molecular weight is 470 g/mol. The molecule has 7 nitrogen and oxygen atoms in total. The molecule has 35 heavy (non-hydrogen) atoms. The summed E-state index contributed by atoms with van der Waals surface area (Å²) in [6, 6.07) is 24.9. The molecule has 1 N–H and O–H groups in total. The van der Waals surface area contributed by atoms with Crippen molar-refractivity contribution in [2.75, 3.05) is 26.6 Å². The smallest absolute Gasteiger partial charge is 0.322 e. The maximum absolute atomic E-state index is 13.8. The highest BCUT2D eigenvalue weighted by Gasteiger charge is 2.33.